The molecule has 1 aliphatic heterocycles. The van der Waals surface area contributed by atoms with Gasteiger partial charge in [0.05, 0.1) is 5.57 Å². The molecule has 0 saturated carbocycles. The summed E-state index contributed by atoms with van der Waals surface area (Å²) in [4.78, 5) is 21.9. The second-order valence-electron chi connectivity index (χ2n) is 2.96. The van der Waals surface area contributed by atoms with Crippen molar-refractivity contribution < 1.29 is 14.3 Å². The van der Waals surface area contributed by atoms with Gasteiger partial charge >= 0.3 is 11.9 Å². The first-order chi connectivity index (χ1) is 6.27. The van der Waals surface area contributed by atoms with Crippen molar-refractivity contribution in [3.8, 4) is 0 Å². The zero-order chi connectivity index (χ0) is 9.26. The summed E-state index contributed by atoms with van der Waals surface area (Å²) in [6, 6.07) is 0. The van der Waals surface area contributed by atoms with E-state index in [1.807, 2.05) is 24.3 Å². The van der Waals surface area contributed by atoms with Crippen LogP contribution in [0.1, 0.15) is 6.42 Å². The van der Waals surface area contributed by atoms with Crippen LogP contribution in [0.25, 0.3) is 0 Å². The fraction of sp³-hybridized carbons (Fsp3) is 0.200. The van der Waals surface area contributed by atoms with Crippen LogP contribution in [0.3, 0.4) is 0 Å². The number of rotatable bonds is 1. The molecular formula is C10H8O3. The van der Waals surface area contributed by atoms with Gasteiger partial charge in [-0.25, -0.2) is 9.59 Å². The first-order valence-corrected chi connectivity index (χ1v) is 4.08. The lowest BCUT2D eigenvalue weighted by Gasteiger charge is -2.10. The zero-order valence-electron chi connectivity index (χ0n) is 6.90. The zero-order valence-corrected chi connectivity index (χ0v) is 6.90. The van der Waals surface area contributed by atoms with Crippen LogP contribution in [0.2, 0.25) is 0 Å². The molecule has 66 valence electrons. The highest BCUT2D eigenvalue weighted by molar-refractivity contribution is 6.09. The minimum absolute atomic E-state index is 0.00366. The van der Waals surface area contributed by atoms with E-state index in [1.54, 1.807) is 0 Å². The van der Waals surface area contributed by atoms with Crippen LogP contribution < -0.4 is 0 Å². The molecule has 0 amide bonds. The summed E-state index contributed by atoms with van der Waals surface area (Å²) in [5.41, 5.74) is 0.464. The number of cyclic esters (lactones) is 2. The Morgan fingerprint density at radius 3 is 2.69 bits per heavy atom. The number of esters is 2. The Morgan fingerprint density at radius 2 is 2.15 bits per heavy atom. The van der Waals surface area contributed by atoms with E-state index >= 15 is 0 Å². The lowest BCUT2D eigenvalue weighted by atomic mass is 9.93. The van der Waals surface area contributed by atoms with Crippen molar-refractivity contribution in [1.82, 2.24) is 0 Å². The third kappa shape index (κ3) is 1.45. The molecular weight excluding hydrogens is 168 g/mol. The quantitative estimate of drug-likeness (QED) is 0.444. The maximum Gasteiger partial charge on any atom is 0.342 e. The Bertz CT molecular complexity index is 347. The standard InChI is InChI=1S/C10H8O3/c11-9-6-8(10(12)13-9)7-4-2-1-3-5-7/h1-4,6-7H,5H2. The number of carbonyl (C=O) groups excluding carboxylic acids is 2. The number of allylic oxidation sites excluding steroid dienone is 4. The monoisotopic (exact) mass is 176 g/mol. The molecule has 13 heavy (non-hydrogen) atoms. The lowest BCUT2D eigenvalue weighted by Crippen LogP contribution is -2.09. The Kier molecular flexibility index (Phi) is 1.85. The van der Waals surface area contributed by atoms with E-state index in [4.69, 9.17) is 0 Å². The van der Waals surface area contributed by atoms with E-state index in [0.717, 1.165) is 6.42 Å². The summed E-state index contributed by atoms with van der Waals surface area (Å²) in [7, 11) is 0. The Morgan fingerprint density at radius 1 is 1.31 bits per heavy atom. The molecule has 1 aliphatic carbocycles. The van der Waals surface area contributed by atoms with Gasteiger partial charge in [0.15, 0.2) is 0 Å². The minimum Gasteiger partial charge on any atom is -0.386 e. The van der Waals surface area contributed by atoms with Gasteiger partial charge in [-0.15, -0.1) is 0 Å². The van der Waals surface area contributed by atoms with Gasteiger partial charge in [-0.1, -0.05) is 24.3 Å². The van der Waals surface area contributed by atoms with E-state index in [9.17, 15) is 9.59 Å². The van der Waals surface area contributed by atoms with Crippen molar-refractivity contribution in [2.24, 2.45) is 5.92 Å². The molecule has 0 aromatic heterocycles. The van der Waals surface area contributed by atoms with Crippen LogP contribution in [0, 0.1) is 5.92 Å². The normalized spacial score (nSPS) is 26.2. The average Bonchev–Trinajstić information content (AvgIpc) is 2.47. The van der Waals surface area contributed by atoms with Crippen LogP contribution in [0.4, 0.5) is 0 Å². The Labute approximate surface area is 75.4 Å². The first kappa shape index (κ1) is 7.98. The van der Waals surface area contributed by atoms with Crippen LogP contribution in [-0.2, 0) is 14.3 Å². The number of hydrogen-bond acceptors (Lipinski definition) is 3. The van der Waals surface area contributed by atoms with Crippen molar-refractivity contribution in [1.29, 1.82) is 0 Å². The van der Waals surface area contributed by atoms with Gasteiger partial charge < -0.3 is 4.74 Å². The van der Waals surface area contributed by atoms with E-state index in [-0.39, 0.29) is 5.92 Å². The molecule has 1 atom stereocenters. The SMILES string of the molecule is O=C1C=C(C2C=CC=CC2)C(=O)O1. The number of hydrogen-bond donors (Lipinski definition) is 0. The molecule has 2 rings (SSSR count). The van der Waals surface area contributed by atoms with E-state index in [2.05, 4.69) is 4.74 Å². The maximum atomic E-state index is 11.1. The summed E-state index contributed by atoms with van der Waals surface area (Å²) in [6.07, 6.45) is 9.67. The van der Waals surface area contributed by atoms with Gasteiger partial charge in [0.1, 0.15) is 0 Å². The molecule has 0 N–H and O–H groups in total. The molecule has 0 radical (unpaired) electrons. The molecule has 2 aliphatic rings. The summed E-state index contributed by atoms with van der Waals surface area (Å²) in [5.74, 6) is -1.05. The maximum absolute atomic E-state index is 11.1. The molecule has 0 aromatic carbocycles. The van der Waals surface area contributed by atoms with Crippen molar-refractivity contribution in [2.45, 2.75) is 6.42 Å². The lowest BCUT2D eigenvalue weighted by molar-refractivity contribution is -0.150. The van der Waals surface area contributed by atoms with Gasteiger partial charge in [-0.2, -0.15) is 0 Å². The van der Waals surface area contributed by atoms with Crippen LogP contribution in [0.5, 0.6) is 0 Å². The van der Waals surface area contributed by atoms with Gasteiger partial charge in [0.2, 0.25) is 0 Å². The van der Waals surface area contributed by atoms with Crippen LogP contribution in [-0.4, -0.2) is 11.9 Å². The third-order valence-corrected chi connectivity index (χ3v) is 2.08. The highest BCUT2D eigenvalue weighted by atomic mass is 16.6. The van der Waals surface area contributed by atoms with E-state index in [0.29, 0.717) is 5.57 Å². The molecule has 0 aromatic rings. The molecule has 3 nitrogen and oxygen atoms in total. The molecule has 1 heterocycles. The van der Waals surface area contributed by atoms with Crippen LogP contribution >= 0.6 is 0 Å². The Balaban J connectivity index is 2.21. The molecule has 1 unspecified atom stereocenters. The van der Waals surface area contributed by atoms with Crippen molar-refractivity contribution in [2.75, 3.05) is 0 Å². The second kappa shape index (κ2) is 3.01. The number of ether oxygens (including phenoxy) is 1. The van der Waals surface area contributed by atoms with Gasteiger partial charge in [0.25, 0.3) is 0 Å². The summed E-state index contributed by atoms with van der Waals surface area (Å²) >= 11 is 0. The second-order valence-corrected chi connectivity index (χ2v) is 2.96. The van der Waals surface area contributed by atoms with Gasteiger partial charge in [0, 0.05) is 12.0 Å². The summed E-state index contributed by atoms with van der Waals surface area (Å²) < 4.78 is 4.40. The smallest absolute Gasteiger partial charge is 0.342 e. The fourth-order valence-electron chi connectivity index (χ4n) is 1.44. The summed E-state index contributed by atoms with van der Waals surface area (Å²) in [5, 5.41) is 0. The highest BCUT2D eigenvalue weighted by Crippen LogP contribution is 2.24. The summed E-state index contributed by atoms with van der Waals surface area (Å²) in [6.45, 7) is 0. The van der Waals surface area contributed by atoms with Crippen molar-refractivity contribution >= 4 is 11.9 Å². The van der Waals surface area contributed by atoms with Crippen molar-refractivity contribution in [3.63, 3.8) is 0 Å². The minimum atomic E-state index is -0.553. The molecule has 0 bridgehead atoms. The largest absolute Gasteiger partial charge is 0.386 e. The number of carbonyl (C=O) groups is 2. The van der Waals surface area contributed by atoms with E-state index < -0.39 is 11.9 Å². The highest BCUT2D eigenvalue weighted by Gasteiger charge is 2.28. The predicted octanol–water partition coefficient (Wildman–Crippen LogP) is 1.13. The molecule has 0 spiro atoms. The van der Waals surface area contributed by atoms with Gasteiger partial charge in [-0.05, 0) is 6.42 Å². The fourth-order valence-corrected chi connectivity index (χ4v) is 1.44. The average molecular weight is 176 g/mol. The molecule has 0 fully saturated rings. The van der Waals surface area contributed by atoms with Crippen LogP contribution in [0.15, 0.2) is 36.0 Å². The predicted molar refractivity (Wildman–Crippen MR) is 45.6 cm³/mol. The first-order valence-electron chi connectivity index (χ1n) is 4.08. The van der Waals surface area contributed by atoms with E-state index in [1.165, 1.54) is 6.08 Å². The third-order valence-electron chi connectivity index (χ3n) is 2.08. The molecule has 0 saturated heterocycles. The Hall–Kier alpha value is -1.64. The van der Waals surface area contributed by atoms with Crippen molar-refractivity contribution in [3.05, 3.63) is 36.0 Å². The van der Waals surface area contributed by atoms with Gasteiger partial charge in [-0.3, -0.25) is 0 Å². The topological polar surface area (TPSA) is 43.4 Å². The molecule has 3 heteroatoms.